The summed E-state index contributed by atoms with van der Waals surface area (Å²) in [6, 6.07) is 10.3. The maximum atomic E-state index is 13.4. The summed E-state index contributed by atoms with van der Waals surface area (Å²) >= 11 is 0. The van der Waals surface area contributed by atoms with Gasteiger partial charge in [-0.2, -0.15) is 0 Å². The van der Waals surface area contributed by atoms with Crippen molar-refractivity contribution >= 4 is 5.65 Å². The zero-order valence-corrected chi connectivity index (χ0v) is 12.2. The van der Waals surface area contributed by atoms with Crippen molar-refractivity contribution in [3.05, 3.63) is 72.7 Å². The first-order chi connectivity index (χ1) is 11.7. The van der Waals surface area contributed by atoms with Gasteiger partial charge in [-0.1, -0.05) is 0 Å². The van der Waals surface area contributed by atoms with E-state index in [0.29, 0.717) is 28.5 Å². The zero-order valence-electron chi connectivity index (χ0n) is 12.2. The first kappa shape index (κ1) is 14.3. The first-order valence-electron chi connectivity index (χ1n) is 7.08. The van der Waals surface area contributed by atoms with Crippen LogP contribution in [0.2, 0.25) is 0 Å². The Labute approximate surface area is 135 Å². The Morgan fingerprint density at radius 2 is 1.71 bits per heavy atom. The standard InChI is InChI=1S/C17H10F2N4O/c18-12-1-3-14(4-2-12)24-17-6-5-16-21-10-15(23(16)22-17)11-7-13(19)9-20-8-11/h1-10H. The van der Waals surface area contributed by atoms with Crippen molar-refractivity contribution in [2.24, 2.45) is 0 Å². The maximum Gasteiger partial charge on any atom is 0.237 e. The lowest BCUT2D eigenvalue weighted by molar-refractivity contribution is 0.451. The summed E-state index contributed by atoms with van der Waals surface area (Å²) in [5.41, 5.74) is 1.72. The number of pyridine rings is 1. The number of benzene rings is 1. The molecule has 0 aliphatic carbocycles. The van der Waals surface area contributed by atoms with Crippen LogP contribution in [0.4, 0.5) is 8.78 Å². The summed E-state index contributed by atoms with van der Waals surface area (Å²) in [5, 5.41) is 4.35. The van der Waals surface area contributed by atoms with E-state index in [1.54, 1.807) is 18.3 Å². The van der Waals surface area contributed by atoms with Gasteiger partial charge < -0.3 is 4.74 Å². The third-order valence-electron chi connectivity index (χ3n) is 3.37. The molecule has 0 amide bonds. The zero-order chi connectivity index (χ0) is 16.5. The topological polar surface area (TPSA) is 52.3 Å². The Morgan fingerprint density at radius 1 is 0.875 bits per heavy atom. The summed E-state index contributed by atoms with van der Waals surface area (Å²) < 4.78 is 33.5. The Morgan fingerprint density at radius 3 is 2.50 bits per heavy atom. The molecule has 118 valence electrons. The quantitative estimate of drug-likeness (QED) is 0.574. The van der Waals surface area contributed by atoms with Crippen molar-refractivity contribution in [3.63, 3.8) is 0 Å². The molecule has 4 aromatic rings. The van der Waals surface area contributed by atoms with Crippen molar-refractivity contribution in [3.8, 4) is 22.9 Å². The van der Waals surface area contributed by atoms with Gasteiger partial charge in [-0.25, -0.2) is 18.3 Å². The van der Waals surface area contributed by atoms with Gasteiger partial charge in [0.2, 0.25) is 5.88 Å². The summed E-state index contributed by atoms with van der Waals surface area (Å²) in [6.07, 6.45) is 4.24. The number of aromatic nitrogens is 4. The Bertz CT molecular complexity index is 1010. The number of fused-ring (bicyclic) bond motifs is 1. The minimum Gasteiger partial charge on any atom is -0.438 e. The lowest BCUT2D eigenvalue weighted by Crippen LogP contribution is -1.98. The molecule has 1 aromatic carbocycles. The number of rotatable bonds is 3. The van der Waals surface area contributed by atoms with Crippen LogP contribution in [-0.2, 0) is 0 Å². The second-order valence-electron chi connectivity index (χ2n) is 5.03. The molecule has 0 N–H and O–H groups in total. The predicted octanol–water partition coefficient (Wildman–Crippen LogP) is 3.86. The van der Waals surface area contributed by atoms with Crippen LogP contribution < -0.4 is 4.74 Å². The van der Waals surface area contributed by atoms with Crippen molar-refractivity contribution in [1.82, 2.24) is 19.6 Å². The van der Waals surface area contributed by atoms with Crippen LogP contribution in [0.3, 0.4) is 0 Å². The molecule has 0 aliphatic heterocycles. The lowest BCUT2D eigenvalue weighted by atomic mass is 10.2. The molecule has 0 unspecified atom stereocenters. The number of imidazole rings is 1. The van der Waals surface area contributed by atoms with Crippen LogP contribution in [0.1, 0.15) is 0 Å². The average molecular weight is 324 g/mol. The van der Waals surface area contributed by atoms with Gasteiger partial charge in [0, 0.05) is 17.8 Å². The van der Waals surface area contributed by atoms with E-state index >= 15 is 0 Å². The van der Waals surface area contributed by atoms with E-state index in [-0.39, 0.29) is 5.82 Å². The van der Waals surface area contributed by atoms with Crippen LogP contribution in [0.15, 0.2) is 61.1 Å². The first-order valence-corrected chi connectivity index (χ1v) is 7.08. The van der Waals surface area contributed by atoms with Crippen LogP contribution in [0.5, 0.6) is 11.6 Å². The summed E-state index contributed by atoms with van der Waals surface area (Å²) in [5.74, 6) is -0.0301. The fourth-order valence-electron chi connectivity index (χ4n) is 2.28. The Hall–Kier alpha value is -3.35. The van der Waals surface area contributed by atoms with Gasteiger partial charge in [0.25, 0.3) is 0 Å². The van der Waals surface area contributed by atoms with E-state index in [2.05, 4.69) is 15.1 Å². The molecule has 0 bridgehead atoms. The molecule has 3 aromatic heterocycles. The number of hydrogen-bond acceptors (Lipinski definition) is 4. The van der Waals surface area contributed by atoms with E-state index in [4.69, 9.17) is 4.74 Å². The van der Waals surface area contributed by atoms with Crippen LogP contribution >= 0.6 is 0 Å². The fraction of sp³-hybridized carbons (Fsp3) is 0. The van der Waals surface area contributed by atoms with Crippen molar-refractivity contribution < 1.29 is 13.5 Å². The van der Waals surface area contributed by atoms with Crippen LogP contribution in [0, 0.1) is 11.6 Å². The summed E-state index contributed by atoms with van der Waals surface area (Å²) in [6.45, 7) is 0. The van der Waals surface area contributed by atoms with Crippen molar-refractivity contribution in [2.45, 2.75) is 0 Å². The van der Waals surface area contributed by atoms with E-state index in [1.807, 2.05) is 0 Å². The lowest BCUT2D eigenvalue weighted by Gasteiger charge is -2.06. The Kier molecular flexibility index (Phi) is 3.38. The molecule has 0 aliphatic rings. The molecule has 3 heterocycles. The van der Waals surface area contributed by atoms with Gasteiger partial charge in [-0.05, 0) is 36.4 Å². The van der Waals surface area contributed by atoms with Gasteiger partial charge in [0.1, 0.15) is 17.4 Å². The van der Waals surface area contributed by atoms with Crippen LogP contribution in [0.25, 0.3) is 16.9 Å². The van der Waals surface area contributed by atoms with E-state index in [1.165, 1.54) is 41.0 Å². The molecule has 0 radical (unpaired) electrons. The number of nitrogens with zero attached hydrogens (tertiary/aromatic N) is 4. The van der Waals surface area contributed by atoms with Crippen LogP contribution in [-0.4, -0.2) is 19.6 Å². The monoisotopic (exact) mass is 324 g/mol. The van der Waals surface area contributed by atoms with E-state index in [0.717, 1.165) is 6.20 Å². The molecular formula is C17H10F2N4O. The number of ether oxygens (including phenoxy) is 1. The number of hydrogen-bond donors (Lipinski definition) is 0. The minimum absolute atomic E-state index is 0.303. The molecule has 0 saturated heterocycles. The van der Waals surface area contributed by atoms with Gasteiger partial charge in [0.15, 0.2) is 5.65 Å². The van der Waals surface area contributed by atoms with Gasteiger partial charge >= 0.3 is 0 Å². The smallest absolute Gasteiger partial charge is 0.237 e. The molecule has 0 spiro atoms. The maximum absolute atomic E-state index is 13.4. The average Bonchev–Trinajstić information content (AvgIpc) is 3.00. The van der Waals surface area contributed by atoms with Gasteiger partial charge in [0.05, 0.1) is 18.1 Å². The largest absolute Gasteiger partial charge is 0.438 e. The second-order valence-corrected chi connectivity index (χ2v) is 5.03. The molecule has 0 atom stereocenters. The molecule has 0 saturated carbocycles. The molecular weight excluding hydrogens is 314 g/mol. The molecule has 5 nitrogen and oxygen atoms in total. The third-order valence-corrected chi connectivity index (χ3v) is 3.37. The summed E-state index contributed by atoms with van der Waals surface area (Å²) in [7, 11) is 0. The fourth-order valence-corrected chi connectivity index (χ4v) is 2.28. The van der Waals surface area contributed by atoms with Gasteiger partial charge in [-0.15, -0.1) is 5.10 Å². The SMILES string of the molecule is Fc1ccc(Oc2ccc3ncc(-c4cncc(F)c4)n3n2)cc1. The second kappa shape index (κ2) is 5.69. The highest BCUT2D eigenvalue weighted by atomic mass is 19.1. The predicted molar refractivity (Wildman–Crippen MR) is 82.7 cm³/mol. The highest BCUT2D eigenvalue weighted by Gasteiger charge is 2.10. The normalized spacial score (nSPS) is 10.9. The highest BCUT2D eigenvalue weighted by molar-refractivity contribution is 5.62. The summed E-state index contributed by atoms with van der Waals surface area (Å²) in [4.78, 5) is 8.06. The highest BCUT2D eigenvalue weighted by Crippen LogP contribution is 2.23. The molecule has 4 rings (SSSR count). The Balaban J connectivity index is 1.74. The molecule has 24 heavy (non-hydrogen) atoms. The molecule has 7 heteroatoms. The van der Waals surface area contributed by atoms with E-state index < -0.39 is 5.82 Å². The van der Waals surface area contributed by atoms with E-state index in [9.17, 15) is 8.78 Å². The van der Waals surface area contributed by atoms with Crippen molar-refractivity contribution in [2.75, 3.05) is 0 Å². The third kappa shape index (κ3) is 2.67. The number of halogens is 2. The van der Waals surface area contributed by atoms with Gasteiger partial charge in [-0.3, -0.25) is 4.98 Å². The van der Waals surface area contributed by atoms with Crippen molar-refractivity contribution in [1.29, 1.82) is 0 Å². The molecule has 0 fully saturated rings. The minimum atomic E-state index is -0.443.